The Labute approximate surface area is 61.4 Å². The minimum Gasteiger partial charge on any atom is -0.381 e. The van der Waals surface area contributed by atoms with Crippen molar-refractivity contribution in [2.24, 2.45) is 0 Å². The molecule has 1 aromatic rings. The van der Waals surface area contributed by atoms with Crippen LogP contribution in [0.25, 0.3) is 0 Å². The smallest absolute Gasteiger partial charge is 0.348 e. The van der Waals surface area contributed by atoms with Gasteiger partial charge >= 0.3 is 6.55 Å². The zero-order valence-corrected chi connectivity index (χ0v) is 5.55. The highest BCUT2D eigenvalue weighted by Crippen LogP contribution is 2.05. The van der Waals surface area contributed by atoms with E-state index in [4.69, 9.17) is 5.73 Å². The zero-order valence-electron chi connectivity index (χ0n) is 4.74. The SMILES string of the molecule is Cl.Nc1cnn(C(F)F)n1. The second-order valence-electron chi connectivity index (χ2n) is 1.37. The van der Waals surface area contributed by atoms with Crippen LogP contribution >= 0.6 is 12.4 Å². The summed E-state index contributed by atoms with van der Waals surface area (Å²) >= 11 is 0. The van der Waals surface area contributed by atoms with Gasteiger partial charge < -0.3 is 5.73 Å². The Balaban J connectivity index is 0.000000810. The van der Waals surface area contributed by atoms with Gasteiger partial charge in [0.25, 0.3) is 0 Å². The van der Waals surface area contributed by atoms with Gasteiger partial charge in [-0.25, -0.2) is 0 Å². The number of nitrogen functional groups attached to an aromatic ring is 1. The molecule has 0 spiro atoms. The molecule has 1 rings (SSSR count). The summed E-state index contributed by atoms with van der Waals surface area (Å²) in [6.45, 7) is -2.71. The van der Waals surface area contributed by atoms with Crippen molar-refractivity contribution < 1.29 is 8.78 Å². The van der Waals surface area contributed by atoms with E-state index in [-0.39, 0.29) is 23.0 Å². The first kappa shape index (κ1) is 9.09. The fraction of sp³-hybridized carbons (Fsp3) is 0.333. The Morgan fingerprint density at radius 1 is 1.60 bits per heavy atom. The molecule has 0 aliphatic rings. The molecule has 0 fully saturated rings. The molecule has 58 valence electrons. The second kappa shape index (κ2) is 3.31. The van der Waals surface area contributed by atoms with Crippen molar-refractivity contribution in [3.8, 4) is 0 Å². The van der Waals surface area contributed by atoms with Crippen molar-refractivity contribution in [2.45, 2.75) is 6.55 Å². The monoisotopic (exact) mass is 170 g/mol. The van der Waals surface area contributed by atoms with E-state index in [1.54, 1.807) is 0 Å². The molecule has 0 bridgehead atoms. The van der Waals surface area contributed by atoms with Crippen LogP contribution in [-0.4, -0.2) is 15.0 Å². The predicted octanol–water partition coefficient (Wildman–Crippen LogP) is 0.677. The van der Waals surface area contributed by atoms with Gasteiger partial charge in [-0.05, 0) is 0 Å². The van der Waals surface area contributed by atoms with Crippen LogP contribution in [0.1, 0.15) is 6.55 Å². The zero-order chi connectivity index (χ0) is 6.85. The third kappa shape index (κ3) is 1.80. The van der Waals surface area contributed by atoms with Gasteiger partial charge in [0.1, 0.15) is 0 Å². The van der Waals surface area contributed by atoms with Crippen LogP contribution < -0.4 is 5.73 Å². The van der Waals surface area contributed by atoms with Crippen molar-refractivity contribution in [1.82, 2.24) is 15.0 Å². The first-order valence-corrected chi connectivity index (χ1v) is 2.15. The van der Waals surface area contributed by atoms with Crippen LogP contribution in [0.2, 0.25) is 0 Å². The molecular weight excluding hydrogens is 166 g/mol. The highest BCUT2D eigenvalue weighted by molar-refractivity contribution is 5.85. The van der Waals surface area contributed by atoms with Gasteiger partial charge in [0.15, 0.2) is 5.82 Å². The topological polar surface area (TPSA) is 56.7 Å². The second-order valence-corrected chi connectivity index (χ2v) is 1.37. The van der Waals surface area contributed by atoms with Crippen LogP contribution in [0.3, 0.4) is 0 Å². The Kier molecular flexibility index (Phi) is 3.01. The third-order valence-corrected chi connectivity index (χ3v) is 0.701. The Morgan fingerprint density at radius 2 is 2.20 bits per heavy atom. The maximum atomic E-state index is 11.6. The van der Waals surface area contributed by atoms with E-state index >= 15 is 0 Å². The number of alkyl halides is 2. The first-order valence-electron chi connectivity index (χ1n) is 2.15. The average Bonchev–Trinajstić information content (AvgIpc) is 2.14. The lowest BCUT2D eigenvalue weighted by atomic mass is 10.8. The van der Waals surface area contributed by atoms with Gasteiger partial charge in [-0.15, -0.1) is 22.3 Å². The lowest BCUT2D eigenvalue weighted by Gasteiger charge is -1.91. The molecule has 0 radical (unpaired) electrons. The summed E-state index contributed by atoms with van der Waals surface area (Å²) in [4.78, 5) is 0.245. The molecule has 0 amide bonds. The number of halogens is 3. The van der Waals surface area contributed by atoms with Crippen LogP contribution in [0.15, 0.2) is 6.20 Å². The molecule has 10 heavy (non-hydrogen) atoms. The maximum Gasteiger partial charge on any atom is 0.348 e. The Bertz CT molecular complexity index is 200. The predicted molar refractivity (Wildman–Crippen MR) is 32.9 cm³/mol. The minimum absolute atomic E-state index is 0. The molecule has 1 aromatic heterocycles. The van der Waals surface area contributed by atoms with Crippen LogP contribution in [0.4, 0.5) is 14.6 Å². The molecule has 0 atom stereocenters. The van der Waals surface area contributed by atoms with Crippen LogP contribution in [0.5, 0.6) is 0 Å². The molecule has 0 unspecified atom stereocenters. The number of anilines is 1. The van der Waals surface area contributed by atoms with Crippen LogP contribution in [-0.2, 0) is 0 Å². The van der Waals surface area contributed by atoms with E-state index in [1.807, 2.05) is 0 Å². The van der Waals surface area contributed by atoms with Crippen molar-refractivity contribution in [2.75, 3.05) is 5.73 Å². The first-order chi connectivity index (χ1) is 4.20. The van der Waals surface area contributed by atoms with E-state index < -0.39 is 6.55 Å². The molecule has 0 aromatic carbocycles. The van der Waals surface area contributed by atoms with E-state index in [9.17, 15) is 8.78 Å². The number of aromatic nitrogens is 3. The van der Waals surface area contributed by atoms with Crippen molar-refractivity contribution in [3.05, 3.63) is 6.20 Å². The van der Waals surface area contributed by atoms with Crippen LogP contribution in [0, 0.1) is 0 Å². The number of hydrogen-bond acceptors (Lipinski definition) is 3. The summed E-state index contributed by atoms with van der Waals surface area (Å²) < 4.78 is 23.1. The molecule has 0 saturated carbocycles. The minimum atomic E-state index is -2.71. The third-order valence-electron chi connectivity index (χ3n) is 0.701. The van der Waals surface area contributed by atoms with Gasteiger partial charge in [0.05, 0.1) is 6.20 Å². The van der Waals surface area contributed by atoms with Gasteiger partial charge in [-0.3, -0.25) is 0 Å². The normalized spacial score (nSPS) is 9.50. The maximum absolute atomic E-state index is 11.6. The summed E-state index contributed by atoms with van der Waals surface area (Å²) in [6, 6.07) is 0. The molecule has 0 saturated heterocycles. The highest BCUT2D eigenvalue weighted by atomic mass is 35.5. The Morgan fingerprint density at radius 3 is 2.40 bits per heavy atom. The van der Waals surface area contributed by atoms with Crippen molar-refractivity contribution >= 4 is 18.2 Å². The van der Waals surface area contributed by atoms with E-state index in [0.29, 0.717) is 0 Å². The summed E-state index contributed by atoms with van der Waals surface area (Å²) in [5, 5.41) is 6.29. The fourth-order valence-corrected chi connectivity index (χ4v) is 0.382. The van der Waals surface area contributed by atoms with Gasteiger partial charge in [0.2, 0.25) is 0 Å². The molecule has 0 aliphatic heterocycles. The van der Waals surface area contributed by atoms with Crippen molar-refractivity contribution in [1.29, 1.82) is 0 Å². The van der Waals surface area contributed by atoms with E-state index in [2.05, 4.69) is 10.2 Å². The highest BCUT2D eigenvalue weighted by Gasteiger charge is 2.06. The molecule has 2 N–H and O–H groups in total. The van der Waals surface area contributed by atoms with E-state index in [1.165, 1.54) is 0 Å². The quantitative estimate of drug-likeness (QED) is 0.674. The summed E-state index contributed by atoms with van der Waals surface area (Å²) in [5.74, 6) is -0.00435. The molecule has 7 heteroatoms. The largest absolute Gasteiger partial charge is 0.381 e. The lowest BCUT2D eigenvalue weighted by molar-refractivity contribution is 0.0416. The van der Waals surface area contributed by atoms with Gasteiger partial charge in [0, 0.05) is 0 Å². The lowest BCUT2D eigenvalue weighted by Crippen LogP contribution is -2.02. The van der Waals surface area contributed by atoms with Gasteiger partial charge in [-0.2, -0.15) is 13.9 Å². The Hall–Kier alpha value is -0.910. The van der Waals surface area contributed by atoms with Crippen molar-refractivity contribution in [3.63, 3.8) is 0 Å². The molecule has 1 heterocycles. The summed E-state index contributed by atoms with van der Waals surface area (Å²) in [7, 11) is 0. The molecule has 4 nitrogen and oxygen atoms in total. The molecular formula is C3H5ClF2N4. The van der Waals surface area contributed by atoms with E-state index in [0.717, 1.165) is 6.20 Å². The number of nitrogens with zero attached hydrogens (tertiary/aromatic N) is 3. The average molecular weight is 171 g/mol. The van der Waals surface area contributed by atoms with Gasteiger partial charge in [-0.1, -0.05) is 0 Å². The number of rotatable bonds is 1. The molecule has 0 aliphatic carbocycles. The standard InChI is InChI=1S/C3H4F2N4.ClH/c4-3(5)9-7-1-2(6)8-9;/h1,3H,(H2,6,8);1H. The number of hydrogen-bond donors (Lipinski definition) is 1. The fourth-order valence-electron chi connectivity index (χ4n) is 0.382. The summed E-state index contributed by atoms with van der Waals surface area (Å²) in [6.07, 6.45) is 1.06. The number of nitrogens with two attached hydrogens (primary N) is 1. The summed E-state index contributed by atoms with van der Waals surface area (Å²) in [5.41, 5.74) is 4.99.